The number of fused-ring (bicyclic) bond motifs is 1. The van der Waals surface area contributed by atoms with Crippen LogP contribution in [0.15, 0.2) is 18.2 Å². The Morgan fingerprint density at radius 1 is 1.29 bits per heavy atom. The maximum Gasteiger partial charge on any atom is 0.115 e. The van der Waals surface area contributed by atoms with Gasteiger partial charge in [-0.05, 0) is 55.1 Å². The minimum absolute atomic E-state index is 0.112. The summed E-state index contributed by atoms with van der Waals surface area (Å²) in [5.41, 5.74) is 2.80. The Hall–Kier alpha value is -1.02. The summed E-state index contributed by atoms with van der Waals surface area (Å²) in [4.78, 5) is 2.32. The number of likely N-dealkylation sites (N-methyl/N-ethyl adjacent to an activating group) is 1. The van der Waals surface area contributed by atoms with Crippen LogP contribution in [0.4, 0.5) is 0 Å². The van der Waals surface area contributed by atoms with Gasteiger partial charge in [0, 0.05) is 6.04 Å². The van der Waals surface area contributed by atoms with Gasteiger partial charge in [-0.25, -0.2) is 0 Å². The number of benzene rings is 1. The zero-order valence-electron chi connectivity index (χ0n) is 11.5. The second-order valence-electron chi connectivity index (χ2n) is 6.09. The zero-order valence-corrected chi connectivity index (χ0v) is 11.5. The molecule has 0 spiro atoms. The van der Waals surface area contributed by atoms with Gasteiger partial charge in [-0.2, -0.15) is 0 Å². The first-order chi connectivity index (χ1) is 7.84. The van der Waals surface area contributed by atoms with Crippen molar-refractivity contribution < 1.29 is 5.11 Å². The fraction of sp³-hybridized carbons (Fsp3) is 0.600. The van der Waals surface area contributed by atoms with Crippen LogP contribution in [-0.2, 0) is 11.8 Å². The molecule has 0 aliphatic heterocycles. The first kappa shape index (κ1) is 12.4. The Kier molecular flexibility index (Phi) is 2.94. The first-order valence-electron chi connectivity index (χ1n) is 6.33. The first-order valence-corrected chi connectivity index (χ1v) is 6.33. The summed E-state index contributed by atoms with van der Waals surface area (Å²) < 4.78 is 0. The van der Waals surface area contributed by atoms with E-state index >= 15 is 0 Å². The number of rotatable bonds is 1. The van der Waals surface area contributed by atoms with Gasteiger partial charge in [0.05, 0.1) is 0 Å². The molecule has 17 heavy (non-hydrogen) atoms. The van der Waals surface area contributed by atoms with Crippen molar-refractivity contribution in [1.82, 2.24) is 4.90 Å². The van der Waals surface area contributed by atoms with Gasteiger partial charge in [0.15, 0.2) is 0 Å². The van der Waals surface area contributed by atoms with Crippen LogP contribution in [0.25, 0.3) is 0 Å². The molecule has 0 saturated carbocycles. The van der Waals surface area contributed by atoms with Crippen molar-refractivity contribution in [3.63, 3.8) is 0 Å². The van der Waals surface area contributed by atoms with E-state index in [0.29, 0.717) is 17.7 Å². The highest BCUT2D eigenvalue weighted by molar-refractivity contribution is 5.42. The van der Waals surface area contributed by atoms with Gasteiger partial charge >= 0.3 is 0 Å². The molecule has 0 bridgehead atoms. The van der Waals surface area contributed by atoms with Crippen molar-refractivity contribution in [1.29, 1.82) is 0 Å². The van der Waals surface area contributed by atoms with Crippen LogP contribution in [0.5, 0.6) is 5.75 Å². The normalized spacial score (nSPS) is 26.9. The molecule has 2 nitrogen and oxygen atoms in total. The molecule has 1 aliphatic rings. The Balaban J connectivity index is 2.51. The lowest BCUT2D eigenvalue weighted by Crippen LogP contribution is -2.48. The lowest BCUT2D eigenvalue weighted by Gasteiger charge is -2.46. The van der Waals surface area contributed by atoms with Crippen molar-refractivity contribution in [2.75, 3.05) is 14.1 Å². The minimum Gasteiger partial charge on any atom is -0.508 e. The quantitative estimate of drug-likeness (QED) is 0.806. The van der Waals surface area contributed by atoms with Gasteiger partial charge < -0.3 is 10.0 Å². The molecule has 0 radical (unpaired) electrons. The second-order valence-corrected chi connectivity index (χ2v) is 6.09. The van der Waals surface area contributed by atoms with Gasteiger partial charge in [0.2, 0.25) is 0 Å². The Morgan fingerprint density at radius 2 is 1.94 bits per heavy atom. The van der Waals surface area contributed by atoms with Crippen LogP contribution in [0.3, 0.4) is 0 Å². The third kappa shape index (κ3) is 1.95. The Bertz CT molecular complexity index is 423. The molecule has 1 unspecified atom stereocenters. The summed E-state index contributed by atoms with van der Waals surface area (Å²) in [5, 5.41) is 9.67. The lowest BCUT2D eigenvalue weighted by atomic mass is 9.64. The van der Waals surface area contributed by atoms with Crippen LogP contribution in [0, 0.1) is 5.92 Å². The number of hydrogen-bond donors (Lipinski definition) is 1. The van der Waals surface area contributed by atoms with Gasteiger partial charge in [-0.15, -0.1) is 0 Å². The third-order valence-corrected chi connectivity index (χ3v) is 4.60. The maximum absolute atomic E-state index is 9.67. The van der Waals surface area contributed by atoms with Crippen molar-refractivity contribution in [2.45, 2.75) is 38.6 Å². The smallest absolute Gasteiger partial charge is 0.115 e. The fourth-order valence-corrected chi connectivity index (χ4v) is 3.10. The second kappa shape index (κ2) is 4.02. The van der Waals surface area contributed by atoms with E-state index in [4.69, 9.17) is 0 Å². The number of nitrogens with zero attached hydrogens (tertiary/aromatic N) is 1. The molecule has 0 amide bonds. The summed E-state index contributed by atoms with van der Waals surface area (Å²) in [6.45, 7) is 6.88. The molecule has 1 aromatic carbocycles. The van der Waals surface area contributed by atoms with Crippen LogP contribution in [0.2, 0.25) is 0 Å². The summed E-state index contributed by atoms with van der Waals surface area (Å²) in [5.74, 6) is 0.958. The summed E-state index contributed by atoms with van der Waals surface area (Å²) >= 11 is 0. The molecule has 1 aliphatic carbocycles. The molecular weight excluding hydrogens is 210 g/mol. The molecule has 94 valence electrons. The van der Waals surface area contributed by atoms with E-state index < -0.39 is 0 Å². The van der Waals surface area contributed by atoms with Gasteiger partial charge in [-0.1, -0.05) is 26.8 Å². The summed E-state index contributed by atoms with van der Waals surface area (Å²) in [6, 6.07) is 6.39. The predicted octanol–water partition coefficient (Wildman–Crippen LogP) is 2.79. The van der Waals surface area contributed by atoms with Crippen molar-refractivity contribution >= 4 is 0 Å². The van der Waals surface area contributed by atoms with E-state index in [0.717, 1.165) is 6.42 Å². The standard InChI is InChI=1S/C15H23NO/c1-10-14(16(4)5)8-11-6-7-12(17)9-13(11)15(10,2)3/h6-7,9-10,14,17H,8H2,1-5H3/t10?,14-/m1/s1. The molecule has 0 heterocycles. The van der Waals surface area contributed by atoms with E-state index in [9.17, 15) is 5.11 Å². The van der Waals surface area contributed by atoms with Crippen LogP contribution >= 0.6 is 0 Å². The molecule has 0 saturated heterocycles. The summed E-state index contributed by atoms with van der Waals surface area (Å²) in [6.07, 6.45) is 1.08. The van der Waals surface area contributed by atoms with Crippen molar-refractivity contribution in [3.05, 3.63) is 29.3 Å². The highest BCUT2D eigenvalue weighted by atomic mass is 16.3. The predicted molar refractivity (Wildman–Crippen MR) is 71.5 cm³/mol. The zero-order chi connectivity index (χ0) is 12.8. The Labute approximate surface area is 104 Å². The highest BCUT2D eigenvalue weighted by Crippen LogP contribution is 2.43. The fourth-order valence-electron chi connectivity index (χ4n) is 3.10. The number of phenolic OH excluding ortho intramolecular Hbond substituents is 1. The number of hydrogen-bond acceptors (Lipinski definition) is 2. The van der Waals surface area contributed by atoms with Crippen molar-refractivity contribution in [3.8, 4) is 5.75 Å². The number of phenols is 1. The lowest BCUT2D eigenvalue weighted by molar-refractivity contribution is 0.144. The highest BCUT2D eigenvalue weighted by Gasteiger charge is 2.40. The van der Waals surface area contributed by atoms with Crippen LogP contribution in [0.1, 0.15) is 31.9 Å². The maximum atomic E-state index is 9.67. The monoisotopic (exact) mass is 233 g/mol. The summed E-state index contributed by atoms with van der Waals surface area (Å²) in [7, 11) is 4.31. The molecule has 2 rings (SSSR count). The van der Waals surface area contributed by atoms with Crippen LogP contribution in [-0.4, -0.2) is 30.1 Å². The van der Waals surface area contributed by atoms with E-state index in [1.165, 1.54) is 11.1 Å². The third-order valence-electron chi connectivity index (χ3n) is 4.60. The SMILES string of the molecule is CC1[C@H](N(C)C)Cc2ccc(O)cc2C1(C)C. The largest absolute Gasteiger partial charge is 0.508 e. The molecule has 0 fully saturated rings. The molecule has 0 aromatic heterocycles. The van der Waals surface area contributed by atoms with Gasteiger partial charge in [0.25, 0.3) is 0 Å². The van der Waals surface area contributed by atoms with E-state index in [1.807, 2.05) is 6.07 Å². The topological polar surface area (TPSA) is 23.5 Å². The average Bonchev–Trinajstić information content (AvgIpc) is 2.24. The molecule has 1 N–H and O–H groups in total. The van der Waals surface area contributed by atoms with E-state index in [1.54, 1.807) is 6.07 Å². The molecule has 2 heteroatoms. The van der Waals surface area contributed by atoms with Crippen LogP contribution < -0.4 is 0 Å². The van der Waals surface area contributed by atoms with Crippen molar-refractivity contribution in [2.24, 2.45) is 5.92 Å². The van der Waals surface area contributed by atoms with E-state index in [-0.39, 0.29) is 5.41 Å². The number of aromatic hydroxyl groups is 1. The molecule has 2 atom stereocenters. The minimum atomic E-state index is 0.112. The van der Waals surface area contributed by atoms with Gasteiger partial charge in [0.1, 0.15) is 5.75 Å². The van der Waals surface area contributed by atoms with Gasteiger partial charge in [-0.3, -0.25) is 0 Å². The average molecular weight is 233 g/mol. The van der Waals surface area contributed by atoms with E-state index in [2.05, 4.69) is 45.8 Å². The molecule has 1 aromatic rings. The molecular formula is C15H23NO. The Morgan fingerprint density at radius 3 is 2.53 bits per heavy atom.